The van der Waals surface area contributed by atoms with Gasteiger partial charge in [-0.1, -0.05) is 32.9 Å². The Balaban J connectivity index is 2.33. The van der Waals surface area contributed by atoms with Crippen molar-refractivity contribution in [2.75, 3.05) is 17.2 Å². The molecule has 0 unspecified atom stereocenters. The van der Waals surface area contributed by atoms with Gasteiger partial charge in [-0.3, -0.25) is 4.79 Å². The lowest BCUT2D eigenvalue weighted by atomic mass is 9.95. The van der Waals surface area contributed by atoms with Crippen molar-refractivity contribution >= 4 is 23.4 Å². The Hall–Kier alpha value is -0.960. The number of para-hydroxylation sites is 1. The topological polar surface area (TPSA) is 20.3 Å². The zero-order valence-corrected chi connectivity index (χ0v) is 10.8. The van der Waals surface area contributed by atoms with Crippen LogP contribution in [0.3, 0.4) is 0 Å². The minimum Gasteiger partial charge on any atom is -0.310 e. The molecule has 0 atom stereocenters. The number of thioether (sulfide) groups is 1. The number of fused-ring (bicyclic) bond motifs is 1. The van der Waals surface area contributed by atoms with Crippen molar-refractivity contribution in [1.29, 1.82) is 0 Å². The second kappa shape index (κ2) is 4.13. The molecule has 1 aromatic carbocycles. The van der Waals surface area contributed by atoms with Crippen LogP contribution in [0.15, 0.2) is 29.2 Å². The van der Waals surface area contributed by atoms with Gasteiger partial charge in [0, 0.05) is 11.4 Å². The van der Waals surface area contributed by atoms with Crippen LogP contribution >= 0.6 is 11.8 Å². The third-order valence-electron chi connectivity index (χ3n) is 2.44. The SMILES string of the molecule is CC(C)(C)CN1C(=O)CSc2ccccc21. The molecule has 1 aliphatic rings. The highest BCUT2D eigenvalue weighted by molar-refractivity contribution is 8.00. The molecule has 0 radical (unpaired) electrons. The third-order valence-corrected chi connectivity index (χ3v) is 3.49. The summed E-state index contributed by atoms with van der Waals surface area (Å²) in [5, 5.41) is 0. The summed E-state index contributed by atoms with van der Waals surface area (Å²) in [6.07, 6.45) is 0. The van der Waals surface area contributed by atoms with Gasteiger partial charge in [-0.05, 0) is 17.5 Å². The van der Waals surface area contributed by atoms with Crippen molar-refractivity contribution in [2.24, 2.45) is 5.41 Å². The molecule has 0 saturated heterocycles. The van der Waals surface area contributed by atoms with Gasteiger partial charge in [0.05, 0.1) is 11.4 Å². The Bertz CT molecular complexity index is 409. The Morgan fingerprint density at radius 1 is 1.31 bits per heavy atom. The van der Waals surface area contributed by atoms with Gasteiger partial charge in [0.2, 0.25) is 5.91 Å². The summed E-state index contributed by atoms with van der Waals surface area (Å²) in [5.74, 6) is 0.784. The summed E-state index contributed by atoms with van der Waals surface area (Å²) in [5.41, 5.74) is 1.20. The van der Waals surface area contributed by atoms with E-state index in [1.807, 2.05) is 23.1 Å². The summed E-state index contributed by atoms with van der Waals surface area (Å²) in [4.78, 5) is 15.1. The smallest absolute Gasteiger partial charge is 0.237 e. The first-order valence-electron chi connectivity index (χ1n) is 5.49. The predicted octanol–water partition coefficient (Wildman–Crippen LogP) is 3.17. The van der Waals surface area contributed by atoms with Crippen LogP contribution in [0.1, 0.15) is 20.8 Å². The first-order valence-corrected chi connectivity index (χ1v) is 6.48. The molecule has 0 aromatic heterocycles. The molecule has 0 aliphatic carbocycles. The lowest BCUT2D eigenvalue weighted by Gasteiger charge is -2.33. The molecule has 1 heterocycles. The highest BCUT2D eigenvalue weighted by Crippen LogP contribution is 2.36. The average Bonchev–Trinajstić information content (AvgIpc) is 2.21. The van der Waals surface area contributed by atoms with Crippen LogP contribution in [0, 0.1) is 5.41 Å². The number of nitrogens with zero attached hydrogens (tertiary/aromatic N) is 1. The molecule has 0 spiro atoms. The Kier molecular flexibility index (Phi) is 2.98. The highest BCUT2D eigenvalue weighted by atomic mass is 32.2. The van der Waals surface area contributed by atoms with Crippen molar-refractivity contribution < 1.29 is 4.79 Å². The van der Waals surface area contributed by atoms with Gasteiger partial charge in [-0.25, -0.2) is 0 Å². The molecule has 86 valence electrons. The van der Waals surface area contributed by atoms with E-state index in [2.05, 4.69) is 26.8 Å². The van der Waals surface area contributed by atoms with E-state index < -0.39 is 0 Å². The van der Waals surface area contributed by atoms with Crippen molar-refractivity contribution in [1.82, 2.24) is 0 Å². The van der Waals surface area contributed by atoms with Crippen LogP contribution in [0.5, 0.6) is 0 Å². The van der Waals surface area contributed by atoms with Gasteiger partial charge in [-0.2, -0.15) is 0 Å². The second-order valence-corrected chi connectivity index (χ2v) is 6.31. The molecule has 1 aromatic rings. The fourth-order valence-electron chi connectivity index (χ4n) is 1.80. The van der Waals surface area contributed by atoms with E-state index in [1.54, 1.807) is 11.8 Å². The molecule has 0 N–H and O–H groups in total. The highest BCUT2D eigenvalue weighted by Gasteiger charge is 2.27. The van der Waals surface area contributed by atoms with E-state index >= 15 is 0 Å². The molecule has 0 fully saturated rings. The normalized spacial score (nSPS) is 16.2. The van der Waals surface area contributed by atoms with Crippen molar-refractivity contribution in [2.45, 2.75) is 25.7 Å². The summed E-state index contributed by atoms with van der Waals surface area (Å²) in [6.45, 7) is 7.25. The third kappa shape index (κ3) is 2.40. The van der Waals surface area contributed by atoms with Gasteiger partial charge in [-0.15, -0.1) is 11.8 Å². The predicted molar refractivity (Wildman–Crippen MR) is 69.0 cm³/mol. The zero-order chi connectivity index (χ0) is 11.8. The molecular formula is C13H17NOS. The summed E-state index contributed by atoms with van der Waals surface area (Å²) >= 11 is 1.64. The molecule has 16 heavy (non-hydrogen) atoms. The molecular weight excluding hydrogens is 218 g/mol. The largest absolute Gasteiger partial charge is 0.310 e. The standard InChI is InChI=1S/C13H17NOS/c1-13(2,3)9-14-10-6-4-5-7-11(10)16-8-12(14)15/h4-7H,8-9H2,1-3H3. The van der Waals surface area contributed by atoms with Crippen LogP contribution in [-0.4, -0.2) is 18.2 Å². The maximum absolute atomic E-state index is 11.9. The zero-order valence-electron chi connectivity index (χ0n) is 9.99. The van der Waals surface area contributed by atoms with Gasteiger partial charge in [0.15, 0.2) is 0 Å². The number of hydrogen-bond donors (Lipinski definition) is 0. The van der Waals surface area contributed by atoms with E-state index in [9.17, 15) is 4.79 Å². The lowest BCUT2D eigenvalue weighted by molar-refractivity contribution is -0.116. The first-order chi connectivity index (χ1) is 7.47. The lowest BCUT2D eigenvalue weighted by Crippen LogP contribution is -2.40. The molecule has 0 bridgehead atoms. The van der Waals surface area contributed by atoms with Crippen molar-refractivity contribution in [3.8, 4) is 0 Å². The fourth-order valence-corrected chi connectivity index (χ4v) is 2.74. The quantitative estimate of drug-likeness (QED) is 0.745. The Labute approximate surface area is 101 Å². The molecule has 2 rings (SSSR count). The maximum atomic E-state index is 11.9. The van der Waals surface area contributed by atoms with Crippen LogP contribution in [0.4, 0.5) is 5.69 Å². The monoisotopic (exact) mass is 235 g/mol. The fraction of sp³-hybridized carbons (Fsp3) is 0.462. The molecule has 2 nitrogen and oxygen atoms in total. The van der Waals surface area contributed by atoms with E-state index in [1.165, 1.54) is 4.90 Å². The van der Waals surface area contributed by atoms with Crippen molar-refractivity contribution in [3.05, 3.63) is 24.3 Å². The number of benzene rings is 1. The van der Waals surface area contributed by atoms with Crippen molar-refractivity contribution in [3.63, 3.8) is 0 Å². The van der Waals surface area contributed by atoms with E-state index in [0.29, 0.717) is 5.75 Å². The van der Waals surface area contributed by atoms with Gasteiger partial charge < -0.3 is 4.90 Å². The summed E-state index contributed by atoms with van der Waals surface area (Å²) < 4.78 is 0. The molecule has 1 aliphatic heterocycles. The van der Waals surface area contributed by atoms with E-state index in [4.69, 9.17) is 0 Å². The minimum atomic E-state index is 0.130. The van der Waals surface area contributed by atoms with Crippen LogP contribution < -0.4 is 4.90 Å². The Morgan fingerprint density at radius 2 is 2.00 bits per heavy atom. The van der Waals surface area contributed by atoms with E-state index in [0.717, 1.165) is 12.2 Å². The number of amides is 1. The summed E-state index contributed by atoms with van der Waals surface area (Å²) in [7, 11) is 0. The number of carbonyl (C=O) groups is 1. The van der Waals surface area contributed by atoms with Gasteiger partial charge in [0.1, 0.15) is 0 Å². The van der Waals surface area contributed by atoms with Crippen LogP contribution in [0.25, 0.3) is 0 Å². The summed E-state index contributed by atoms with van der Waals surface area (Å²) in [6, 6.07) is 8.14. The first kappa shape index (κ1) is 11.5. The second-order valence-electron chi connectivity index (χ2n) is 5.30. The van der Waals surface area contributed by atoms with E-state index in [-0.39, 0.29) is 11.3 Å². The number of carbonyl (C=O) groups excluding carboxylic acids is 1. The Morgan fingerprint density at radius 3 is 2.69 bits per heavy atom. The molecule has 0 saturated carbocycles. The number of hydrogen-bond acceptors (Lipinski definition) is 2. The maximum Gasteiger partial charge on any atom is 0.237 e. The molecule has 3 heteroatoms. The van der Waals surface area contributed by atoms with Crippen LogP contribution in [-0.2, 0) is 4.79 Å². The minimum absolute atomic E-state index is 0.130. The van der Waals surface area contributed by atoms with Crippen LogP contribution in [0.2, 0.25) is 0 Å². The number of rotatable bonds is 1. The molecule has 1 amide bonds. The number of anilines is 1. The van der Waals surface area contributed by atoms with Gasteiger partial charge in [0.25, 0.3) is 0 Å². The average molecular weight is 235 g/mol. The van der Waals surface area contributed by atoms with Gasteiger partial charge >= 0.3 is 0 Å².